The van der Waals surface area contributed by atoms with Crippen LogP contribution in [0.2, 0.25) is 0 Å². The van der Waals surface area contributed by atoms with E-state index in [2.05, 4.69) is 0 Å². The monoisotopic (exact) mass is 287 g/mol. The van der Waals surface area contributed by atoms with Crippen LogP contribution >= 0.6 is 0 Å². The minimum absolute atomic E-state index is 0.161. The zero-order valence-electron chi connectivity index (χ0n) is 11.4. The van der Waals surface area contributed by atoms with Crippen molar-refractivity contribution in [3.05, 3.63) is 29.8 Å². The molecule has 0 aliphatic heterocycles. The zero-order chi connectivity index (χ0) is 14.6. The lowest BCUT2D eigenvalue weighted by Gasteiger charge is -2.26. The molecule has 0 aliphatic carbocycles. The second-order valence-corrected chi connectivity index (χ2v) is 7.05. The van der Waals surface area contributed by atoms with Gasteiger partial charge in [0.2, 0.25) is 0 Å². The summed E-state index contributed by atoms with van der Waals surface area (Å²) in [6.07, 6.45) is 0.0622. The predicted octanol–water partition coefficient (Wildman–Crippen LogP) is 0.531. The van der Waals surface area contributed by atoms with E-state index >= 15 is 0 Å². The first-order valence-electron chi connectivity index (χ1n) is 6.02. The molecule has 3 N–H and O–H groups in total. The molecular weight excluding hydrogens is 266 g/mol. The highest BCUT2D eigenvalue weighted by atomic mass is 32.2. The number of hydrogen-bond acceptors (Lipinski definition) is 5. The van der Waals surface area contributed by atoms with E-state index in [1.165, 1.54) is 6.92 Å². The largest absolute Gasteiger partial charge is 0.497 e. The van der Waals surface area contributed by atoms with Crippen molar-refractivity contribution in [2.75, 3.05) is 19.9 Å². The molecular formula is C13H21NO4S. The molecule has 5 nitrogen and oxygen atoms in total. The molecule has 0 heterocycles. The van der Waals surface area contributed by atoms with Gasteiger partial charge in [0, 0.05) is 18.7 Å². The van der Waals surface area contributed by atoms with Gasteiger partial charge in [-0.25, -0.2) is 8.42 Å². The van der Waals surface area contributed by atoms with E-state index in [1.807, 2.05) is 0 Å². The van der Waals surface area contributed by atoms with Gasteiger partial charge in [-0.1, -0.05) is 12.1 Å². The van der Waals surface area contributed by atoms with Gasteiger partial charge in [-0.15, -0.1) is 0 Å². The molecule has 0 saturated carbocycles. The van der Waals surface area contributed by atoms with Crippen LogP contribution in [0, 0.1) is 0 Å². The number of benzene rings is 1. The van der Waals surface area contributed by atoms with Gasteiger partial charge in [0.05, 0.1) is 18.5 Å². The van der Waals surface area contributed by atoms with Crippen LogP contribution in [0.1, 0.15) is 18.4 Å². The van der Waals surface area contributed by atoms with Crippen LogP contribution in [0.25, 0.3) is 0 Å². The van der Waals surface area contributed by atoms with E-state index in [1.54, 1.807) is 31.4 Å². The van der Waals surface area contributed by atoms with E-state index in [0.717, 1.165) is 11.8 Å². The quantitative estimate of drug-likeness (QED) is 0.796. The van der Waals surface area contributed by atoms with Crippen LogP contribution in [0.5, 0.6) is 5.75 Å². The maximum absolute atomic E-state index is 11.5. The number of aliphatic hydroxyl groups is 1. The Kier molecular flexibility index (Phi) is 5.34. The highest BCUT2D eigenvalue weighted by molar-refractivity contribution is 7.91. The van der Waals surface area contributed by atoms with Gasteiger partial charge in [-0.3, -0.25) is 0 Å². The van der Waals surface area contributed by atoms with E-state index in [0.29, 0.717) is 5.75 Å². The van der Waals surface area contributed by atoms with Crippen LogP contribution < -0.4 is 10.5 Å². The topological polar surface area (TPSA) is 89.6 Å². The third kappa shape index (κ3) is 3.92. The van der Waals surface area contributed by atoms with Gasteiger partial charge >= 0.3 is 0 Å². The molecule has 1 aromatic rings. The Morgan fingerprint density at radius 1 is 1.42 bits per heavy atom. The minimum Gasteiger partial charge on any atom is -0.497 e. The van der Waals surface area contributed by atoms with Crippen molar-refractivity contribution < 1.29 is 18.3 Å². The summed E-state index contributed by atoms with van der Waals surface area (Å²) in [5.74, 6) is 0.204. The molecule has 1 rings (SSSR count). The summed E-state index contributed by atoms with van der Waals surface area (Å²) >= 11 is 0. The molecule has 0 fully saturated rings. The van der Waals surface area contributed by atoms with Gasteiger partial charge in [0.1, 0.15) is 5.75 Å². The molecule has 0 spiro atoms. The first-order chi connectivity index (χ1) is 8.81. The Labute approximate surface area is 114 Å². The Bertz CT molecular complexity index is 515. The molecule has 3 atom stereocenters. The maximum atomic E-state index is 11.5. The lowest BCUT2D eigenvalue weighted by Crippen LogP contribution is -2.38. The minimum atomic E-state index is -3.32. The fourth-order valence-corrected chi connectivity index (χ4v) is 2.62. The Hall–Kier alpha value is -1.11. The number of methoxy groups -OCH3 is 1. The summed E-state index contributed by atoms with van der Waals surface area (Å²) in [5.41, 5.74) is 6.45. The van der Waals surface area contributed by atoms with E-state index < -0.39 is 27.1 Å². The van der Waals surface area contributed by atoms with E-state index in [-0.39, 0.29) is 6.54 Å². The van der Waals surface area contributed by atoms with Gasteiger partial charge < -0.3 is 15.6 Å². The van der Waals surface area contributed by atoms with E-state index in [4.69, 9.17) is 10.5 Å². The average Bonchev–Trinajstić information content (AvgIpc) is 2.37. The summed E-state index contributed by atoms with van der Waals surface area (Å²) in [7, 11) is -1.77. The van der Waals surface area contributed by atoms with Crippen LogP contribution in [-0.2, 0) is 9.84 Å². The molecule has 0 saturated heterocycles. The second-order valence-electron chi connectivity index (χ2n) is 4.64. The predicted molar refractivity (Wildman–Crippen MR) is 75.1 cm³/mol. The molecule has 0 bridgehead atoms. The number of rotatable bonds is 6. The van der Waals surface area contributed by atoms with Crippen molar-refractivity contribution in [3.8, 4) is 5.75 Å². The smallest absolute Gasteiger partial charge is 0.152 e. The highest BCUT2D eigenvalue weighted by Gasteiger charge is 2.31. The molecule has 108 valence electrons. The standard InChI is InChI=1S/C13H21NO4S/c1-9(19(3,16)17)13(15)12(8-14)10-5-4-6-11(7-10)18-2/h4-7,9,12-13,15H,8,14H2,1-3H3. The molecule has 19 heavy (non-hydrogen) atoms. The zero-order valence-corrected chi connectivity index (χ0v) is 12.2. The van der Waals surface area contributed by atoms with Crippen molar-refractivity contribution in [1.29, 1.82) is 0 Å². The van der Waals surface area contributed by atoms with E-state index in [9.17, 15) is 13.5 Å². The highest BCUT2D eigenvalue weighted by Crippen LogP contribution is 2.26. The van der Waals surface area contributed by atoms with Crippen LogP contribution in [0.3, 0.4) is 0 Å². The summed E-state index contributed by atoms with van der Waals surface area (Å²) in [6.45, 7) is 1.65. The van der Waals surface area contributed by atoms with Crippen molar-refractivity contribution >= 4 is 9.84 Å². The third-order valence-electron chi connectivity index (χ3n) is 3.34. The normalized spacial score (nSPS) is 16.7. The van der Waals surface area contributed by atoms with Crippen LogP contribution in [-0.4, -0.2) is 44.8 Å². The summed E-state index contributed by atoms with van der Waals surface area (Å²) in [4.78, 5) is 0. The average molecular weight is 287 g/mol. The SMILES string of the molecule is COc1cccc(C(CN)C(O)C(C)S(C)(=O)=O)c1. The van der Waals surface area contributed by atoms with Crippen molar-refractivity contribution in [2.24, 2.45) is 5.73 Å². The van der Waals surface area contributed by atoms with Gasteiger partial charge in [-0.2, -0.15) is 0 Å². The fourth-order valence-electron chi connectivity index (χ4n) is 1.93. The van der Waals surface area contributed by atoms with Crippen LogP contribution in [0.4, 0.5) is 0 Å². The van der Waals surface area contributed by atoms with Gasteiger partial charge in [0.15, 0.2) is 9.84 Å². The number of nitrogens with two attached hydrogens (primary N) is 1. The van der Waals surface area contributed by atoms with Crippen molar-refractivity contribution in [1.82, 2.24) is 0 Å². The van der Waals surface area contributed by atoms with Crippen molar-refractivity contribution in [3.63, 3.8) is 0 Å². The molecule has 0 amide bonds. The molecule has 0 radical (unpaired) electrons. The Morgan fingerprint density at radius 3 is 2.53 bits per heavy atom. The third-order valence-corrected chi connectivity index (χ3v) is 4.97. The number of hydrogen-bond donors (Lipinski definition) is 2. The summed E-state index contributed by atoms with van der Waals surface area (Å²) in [5, 5.41) is 9.36. The Balaban J connectivity index is 3.06. The summed E-state index contributed by atoms with van der Waals surface area (Å²) < 4.78 is 28.2. The molecule has 1 aromatic carbocycles. The Morgan fingerprint density at radius 2 is 2.05 bits per heavy atom. The first-order valence-corrected chi connectivity index (χ1v) is 7.97. The fraction of sp³-hybridized carbons (Fsp3) is 0.538. The lowest BCUT2D eigenvalue weighted by atomic mass is 9.91. The van der Waals surface area contributed by atoms with Crippen molar-refractivity contribution in [2.45, 2.75) is 24.2 Å². The molecule has 6 heteroatoms. The van der Waals surface area contributed by atoms with Crippen LogP contribution in [0.15, 0.2) is 24.3 Å². The molecule has 0 aliphatic rings. The molecule has 0 aromatic heterocycles. The summed E-state index contributed by atoms with van der Waals surface area (Å²) in [6, 6.07) is 7.13. The van der Waals surface area contributed by atoms with Gasteiger partial charge in [-0.05, 0) is 24.6 Å². The number of ether oxygens (including phenoxy) is 1. The lowest BCUT2D eigenvalue weighted by molar-refractivity contribution is 0.143. The van der Waals surface area contributed by atoms with Gasteiger partial charge in [0.25, 0.3) is 0 Å². The number of sulfone groups is 1. The first kappa shape index (κ1) is 15.9. The molecule has 3 unspecified atom stereocenters. The maximum Gasteiger partial charge on any atom is 0.152 e. The number of aliphatic hydroxyl groups excluding tert-OH is 1. The second kappa shape index (κ2) is 6.36.